The number of aliphatic hydroxyl groups excluding tert-OH is 1. The molecule has 0 unspecified atom stereocenters. The Labute approximate surface area is 157 Å². The topological polar surface area (TPSA) is 114 Å². The van der Waals surface area contributed by atoms with Gasteiger partial charge in [-0.2, -0.15) is 0 Å². The maximum atomic E-state index is 13.8. The molecule has 2 N–H and O–H groups in total. The van der Waals surface area contributed by atoms with Gasteiger partial charge in [0.1, 0.15) is 17.7 Å². The van der Waals surface area contributed by atoms with Crippen LogP contribution in [0.25, 0.3) is 11.3 Å². The van der Waals surface area contributed by atoms with Crippen molar-refractivity contribution >= 4 is 5.91 Å². The average molecular weight is 390 g/mol. The van der Waals surface area contributed by atoms with E-state index < -0.39 is 23.6 Å². The monoisotopic (exact) mass is 390 g/mol. The third kappa shape index (κ3) is 3.50. The molecule has 8 nitrogen and oxygen atoms in total. The maximum Gasteiger partial charge on any atom is 0.273 e. The molecule has 0 aliphatic heterocycles. The summed E-state index contributed by atoms with van der Waals surface area (Å²) in [4.78, 5) is 12.3. The molecule has 2 aromatic heterocycles. The molecule has 0 saturated heterocycles. The van der Waals surface area contributed by atoms with Crippen LogP contribution in [0.5, 0.6) is 0 Å². The van der Waals surface area contributed by atoms with Gasteiger partial charge in [0.25, 0.3) is 5.91 Å². The molecule has 3 aromatic rings. The Balaban J connectivity index is 1.36. The van der Waals surface area contributed by atoms with Gasteiger partial charge >= 0.3 is 0 Å². The summed E-state index contributed by atoms with van der Waals surface area (Å²) < 4.78 is 37.2. The summed E-state index contributed by atoms with van der Waals surface area (Å²) in [7, 11) is 0. The van der Waals surface area contributed by atoms with Crippen molar-refractivity contribution < 1.29 is 27.6 Å². The Bertz CT molecular complexity index is 1010. The van der Waals surface area contributed by atoms with Crippen LogP contribution >= 0.6 is 0 Å². The number of amides is 1. The van der Waals surface area contributed by atoms with Crippen LogP contribution in [-0.2, 0) is 0 Å². The van der Waals surface area contributed by atoms with E-state index in [9.17, 15) is 18.7 Å². The van der Waals surface area contributed by atoms with E-state index in [1.165, 1.54) is 19.1 Å². The molecule has 1 atom stereocenters. The molecule has 1 amide bonds. The summed E-state index contributed by atoms with van der Waals surface area (Å²) in [6.07, 6.45) is 0.374. The standard InChI is InChI=1S/C18H16F2N4O4/c1-8(25)17-22-23-18(27-17)9-4-11(5-9)21-16(26)14-7-15(28-24-14)12-3-2-10(19)6-13(12)20/h2-3,6-9,11,25H,4-5H2,1H3,(H,21,26)/t8-,9-,11-/m0/s1. The van der Waals surface area contributed by atoms with Crippen LogP contribution in [-0.4, -0.2) is 32.4 Å². The fourth-order valence-corrected chi connectivity index (χ4v) is 2.98. The molecule has 4 rings (SSSR count). The molecule has 1 aromatic carbocycles. The minimum Gasteiger partial charge on any atom is -0.422 e. The van der Waals surface area contributed by atoms with Crippen molar-refractivity contribution in [3.63, 3.8) is 0 Å². The molecule has 146 valence electrons. The Morgan fingerprint density at radius 3 is 2.75 bits per heavy atom. The zero-order valence-corrected chi connectivity index (χ0v) is 14.7. The predicted octanol–water partition coefficient (Wildman–Crippen LogP) is 2.73. The lowest BCUT2D eigenvalue weighted by molar-refractivity contribution is 0.0892. The number of rotatable bonds is 5. The van der Waals surface area contributed by atoms with Crippen LogP contribution < -0.4 is 5.32 Å². The van der Waals surface area contributed by atoms with E-state index in [0.29, 0.717) is 18.7 Å². The molecular formula is C18H16F2N4O4. The van der Waals surface area contributed by atoms with Crippen molar-refractivity contribution in [2.75, 3.05) is 0 Å². The van der Waals surface area contributed by atoms with Crippen molar-refractivity contribution in [2.45, 2.75) is 37.8 Å². The predicted molar refractivity (Wildman–Crippen MR) is 90.0 cm³/mol. The van der Waals surface area contributed by atoms with E-state index in [1.54, 1.807) is 0 Å². The van der Waals surface area contributed by atoms with Gasteiger partial charge in [0.15, 0.2) is 11.5 Å². The molecule has 2 heterocycles. The quantitative estimate of drug-likeness (QED) is 0.688. The van der Waals surface area contributed by atoms with Crippen LogP contribution in [0, 0.1) is 11.6 Å². The second-order valence-corrected chi connectivity index (χ2v) is 6.69. The highest BCUT2D eigenvalue weighted by atomic mass is 19.1. The summed E-state index contributed by atoms with van der Waals surface area (Å²) in [6, 6.07) is 4.23. The molecule has 0 bridgehead atoms. The zero-order valence-electron chi connectivity index (χ0n) is 14.7. The minimum absolute atomic E-state index is 0.00337. The van der Waals surface area contributed by atoms with E-state index in [2.05, 4.69) is 20.7 Å². The second-order valence-electron chi connectivity index (χ2n) is 6.69. The van der Waals surface area contributed by atoms with E-state index in [4.69, 9.17) is 8.94 Å². The van der Waals surface area contributed by atoms with Gasteiger partial charge in [-0.1, -0.05) is 5.16 Å². The van der Waals surface area contributed by atoms with Crippen LogP contribution in [0.15, 0.2) is 33.2 Å². The van der Waals surface area contributed by atoms with Gasteiger partial charge in [0, 0.05) is 24.1 Å². The lowest BCUT2D eigenvalue weighted by atomic mass is 9.80. The molecule has 28 heavy (non-hydrogen) atoms. The number of benzene rings is 1. The normalized spacial score (nSPS) is 19.9. The number of aromatic nitrogens is 3. The molecule has 0 radical (unpaired) electrons. The van der Waals surface area contributed by atoms with Crippen LogP contribution in [0.3, 0.4) is 0 Å². The number of nitrogens with one attached hydrogen (secondary N) is 1. The van der Waals surface area contributed by atoms with Gasteiger partial charge in [-0.15, -0.1) is 10.2 Å². The van der Waals surface area contributed by atoms with Gasteiger partial charge in [0.2, 0.25) is 11.8 Å². The molecule has 0 spiro atoms. The highest BCUT2D eigenvalue weighted by Gasteiger charge is 2.36. The first-order chi connectivity index (χ1) is 13.4. The second kappa shape index (κ2) is 7.12. The highest BCUT2D eigenvalue weighted by Crippen LogP contribution is 2.36. The molecule has 1 aliphatic rings. The van der Waals surface area contributed by atoms with Crippen LogP contribution in [0.2, 0.25) is 0 Å². The van der Waals surface area contributed by atoms with Crippen molar-refractivity contribution in [3.05, 3.63) is 53.4 Å². The number of aliphatic hydroxyl groups is 1. The molecule has 10 heteroatoms. The number of hydrogen-bond acceptors (Lipinski definition) is 7. The van der Waals surface area contributed by atoms with Crippen molar-refractivity contribution in [1.29, 1.82) is 0 Å². The summed E-state index contributed by atoms with van der Waals surface area (Å²) in [5, 5.41) is 23.5. The molecule has 1 aliphatic carbocycles. The lowest BCUT2D eigenvalue weighted by Crippen LogP contribution is -2.43. The summed E-state index contributed by atoms with van der Waals surface area (Å²) >= 11 is 0. The van der Waals surface area contributed by atoms with Gasteiger partial charge < -0.3 is 19.4 Å². The van der Waals surface area contributed by atoms with Gasteiger partial charge in [0.05, 0.1) is 5.56 Å². The Morgan fingerprint density at radius 1 is 1.29 bits per heavy atom. The number of halogens is 2. The average Bonchev–Trinajstić information content (AvgIpc) is 3.27. The Hall–Kier alpha value is -3.14. The van der Waals surface area contributed by atoms with Crippen LogP contribution in [0.4, 0.5) is 8.78 Å². The molecule has 1 saturated carbocycles. The lowest BCUT2D eigenvalue weighted by Gasteiger charge is -2.33. The highest BCUT2D eigenvalue weighted by molar-refractivity contribution is 5.93. The molecular weight excluding hydrogens is 374 g/mol. The van der Waals surface area contributed by atoms with E-state index in [-0.39, 0.29) is 34.9 Å². The van der Waals surface area contributed by atoms with Crippen LogP contribution in [0.1, 0.15) is 54.1 Å². The first-order valence-corrected chi connectivity index (χ1v) is 8.65. The first-order valence-electron chi connectivity index (χ1n) is 8.65. The number of carbonyl (C=O) groups excluding carboxylic acids is 1. The molecule has 1 fully saturated rings. The Kier molecular flexibility index (Phi) is 4.63. The number of carbonyl (C=O) groups is 1. The fourth-order valence-electron chi connectivity index (χ4n) is 2.98. The number of hydrogen-bond donors (Lipinski definition) is 2. The van der Waals surface area contributed by atoms with Gasteiger partial charge in [-0.3, -0.25) is 4.79 Å². The van der Waals surface area contributed by atoms with E-state index >= 15 is 0 Å². The smallest absolute Gasteiger partial charge is 0.273 e. The number of nitrogens with zero attached hydrogens (tertiary/aromatic N) is 3. The summed E-state index contributed by atoms with van der Waals surface area (Å²) in [6.45, 7) is 1.53. The summed E-state index contributed by atoms with van der Waals surface area (Å²) in [5.74, 6) is -1.35. The summed E-state index contributed by atoms with van der Waals surface area (Å²) in [5.41, 5.74) is 0.0123. The first kappa shape index (κ1) is 18.2. The van der Waals surface area contributed by atoms with E-state index in [0.717, 1.165) is 12.1 Å². The van der Waals surface area contributed by atoms with Crippen molar-refractivity contribution in [2.24, 2.45) is 0 Å². The third-order valence-corrected chi connectivity index (χ3v) is 4.58. The minimum atomic E-state index is -0.830. The Morgan fingerprint density at radius 2 is 2.07 bits per heavy atom. The van der Waals surface area contributed by atoms with Gasteiger partial charge in [-0.25, -0.2) is 8.78 Å². The van der Waals surface area contributed by atoms with Gasteiger partial charge in [-0.05, 0) is 31.9 Å². The third-order valence-electron chi connectivity index (χ3n) is 4.58. The van der Waals surface area contributed by atoms with Crippen molar-refractivity contribution in [1.82, 2.24) is 20.7 Å². The SMILES string of the molecule is C[C@H](O)c1nnc([C@H]2C[C@H](NC(=O)c3cc(-c4ccc(F)cc4F)on3)C2)o1. The fraction of sp³-hybridized carbons (Fsp3) is 0.333. The van der Waals surface area contributed by atoms with E-state index in [1.807, 2.05) is 0 Å². The zero-order chi connectivity index (χ0) is 19.8. The maximum absolute atomic E-state index is 13.8. The largest absolute Gasteiger partial charge is 0.422 e. The van der Waals surface area contributed by atoms with Crippen molar-refractivity contribution in [3.8, 4) is 11.3 Å².